The second-order valence-electron chi connectivity index (χ2n) is 11.4. The third-order valence-corrected chi connectivity index (χ3v) is 8.58. The highest BCUT2D eigenvalue weighted by Gasteiger charge is 2.58. The number of aliphatic carboxylic acids is 1. The molecular weight excluding hydrogens is 660 g/mol. The third-order valence-electron chi connectivity index (χ3n) is 7.57. The fraction of sp³-hybridized carbons (Fsp3) is 0.407. The molecule has 1 unspecified atom stereocenters. The number of carbonyl (C=O) groups is 3. The van der Waals surface area contributed by atoms with Gasteiger partial charge in [-0.05, 0) is 31.5 Å². The Morgan fingerprint density at radius 1 is 1.28 bits per heavy atom. The van der Waals surface area contributed by atoms with Crippen molar-refractivity contribution in [1.29, 1.82) is 0 Å². The van der Waals surface area contributed by atoms with Crippen molar-refractivity contribution in [2.24, 2.45) is 18.1 Å². The summed E-state index contributed by atoms with van der Waals surface area (Å²) < 4.78 is 45.3. The van der Waals surface area contributed by atoms with Crippen LogP contribution in [0.3, 0.4) is 0 Å². The van der Waals surface area contributed by atoms with E-state index in [0.717, 1.165) is 42.1 Å². The van der Waals surface area contributed by atoms with Crippen LogP contribution in [0.5, 0.6) is 5.75 Å². The first kappa shape index (κ1) is 33.7. The Balaban J connectivity index is 1.24. The van der Waals surface area contributed by atoms with Gasteiger partial charge in [0.05, 0.1) is 23.8 Å². The first-order valence-corrected chi connectivity index (χ1v) is 16.4. The molecule has 2 aliphatic rings. The lowest BCUT2D eigenvalue weighted by molar-refractivity contribution is -0.754. The molecule has 1 aromatic carbocycles. The summed E-state index contributed by atoms with van der Waals surface area (Å²) in [6, 6.07) is 5.74. The van der Waals surface area contributed by atoms with Crippen molar-refractivity contribution in [3.05, 3.63) is 47.7 Å². The van der Waals surface area contributed by atoms with Gasteiger partial charge in [-0.3, -0.25) is 14.1 Å². The minimum Gasteiger partial charge on any atom is -0.489 e. The zero-order valence-corrected chi connectivity index (χ0v) is 27.0. The Labute approximate surface area is 272 Å². The van der Waals surface area contributed by atoms with E-state index in [4.69, 9.17) is 19.9 Å². The Kier molecular flexibility index (Phi) is 9.50. The number of nitrogens with two attached hydrogens (primary N) is 1. The van der Waals surface area contributed by atoms with E-state index in [1.807, 2.05) is 30.1 Å². The van der Waals surface area contributed by atoms with Crippen LogP contribution in [0.25, 0.3) is 11.1 Å². The number of hydroxylamine groups is 2. The summed E-state index contributed by atoms with van der Waals surface area (Å²) in [6.45, 7) is 5.15. The number of nitrogens with one attached hydrogen (secondary N) is 2. The molecule has 4 heterocycles. The second kappa shape index (κ2) is 13.2. The zero-order chi connectivity index (χ0) is 34.1. The number of β-lactam (4-membered cyclic amide) rings is 1. The van der Waals surface area contributed by atoms with Crippen LogP contribution in [0, 0.1) is 5.92 Å². The molecule has 0 saturated carbocycles. The number of nitrogens with zero attached hydrogens (tertiary/aromatic N) is 5. The number of rotatable bonds is 14. The van der Waals surface area contributed by atoms with Crippen molar-refractivity contribution in [2.75, 3.05) is 25.4 Å². The number of carboxylic acid groups (broad SMARTS) is 1. The van der Waals surface area contributed by atoms with E-state index in [1.165, 1.54) is 19.2 Å². The largest absolute Gasteiger partial charge is 0.489 e. The Morgan fingerprint density at radius 2 is 1.98 bits per heavy atom. The van der Waals surface area contributed by atoms with E-state index < -0.39 is 58.2 Å². The number of oxime groups is 1. The average Bonchev–Trinajstić information content (AvgIpc) is 3.58. The van der Waals surface area contributed by atoms with E-state index in [1.54, 1.807) is 12.1 Å². The number of aromatic nitrogens is 3. The van der Waals surface area contributed by atoms with Gasteiger partial charge in [0.1, 0.15) is 24.1 Å². The van der Waals surface area contributed by atoms with Gasteiger partial charge in [-0.1, -0.05) is 17.3 Å². The quantitative estimate of drug-likeness (QED) is 0.0463. The van der Waals surface area contributed by atoms with E-state index in [2.05, 4.69) is 35.9 Å². The second-order valence-corrected chi connectivity index (χ2v) is 13.3. The van der Waals surface area contributed by atoms with Crippen LogP contribution < -0.4 is 25.8 Å². The molecule has 0 radical (unpaired) electrons. The van der Waals surface area contributed by atoms with Crippen molar-refractivity contribution in [3.63, 3.8) is 0 Å². The van der Waals surface area contributed by atoms with Crippen molar-refractivity contribution in [3.8, 4) is 16.9 Å². The van der Waals surface area contributed by atoms with Gasteiger partial charge in [-0.2, -0.15) is 18.2 Å². The number of hydrogen-bond acceptors (Lipinski definition) is 13. The first-order chi connectivity index (χ1) is 22.1. The summed E-state index contributed by atoms with van der Waals surface area (Å²) in [5, 5.41) is 20.9. The lowest BCUT2D eigenvalue weighted by atomic mass is 9.84. The van der Waals surface area contributed by atoms with E-state index in [9.17, 15) is 27.9 Å². The summed E-state index contributed by atoms with van der Waals surface area (Å²) >= 11 is 0.966. The monoisotopic (exact) mass is 693 g/mol. The van der Waals surface area contributed by atoms with Crippen molar-refractivity contribution in [2.45, 2.75) is 38.1 Å². The molecule has 18 nitrogen and oxygen atoms in total. The molecule has 2 fully saturated rings. The molecule has 5 rings (SSSR count). The molecule has 2 atom stereocenters. The van der Waals surface area contributed by atoms with E-state index >= 15 is 0 Å². The third kappa shape index (κ3) is 7.68. The number of benzene rings is 1. The molecule has 0 spiro atoms. The first-order valence-electron chi connectivity index (χ1n) is 14.1. The predicted octanol–water partition coefficient (Wildman–Crippen LogP) is -0.669. The Hall–Kier alpha value is -4.63. The van der Waals surface area contributed by atoms with Gasteiger partial charge in [0, 0.05) is 24.4 Å². The minimum atomic E-state index is -5.01. The molecular formula is C27H33N8O10S2+. The Morgan fingerprint density at radius 3 is 2.53 bits per heavy atom. The number of carboxylic acids is 1. The number of aryl methyl sites for hydroxylation is 1. The maximum absolute atomic E-state index is 13.2. The Bertz CT molecular complexity index is 1800. The minimum absolute atomic E-state index is 0.0656. The van der Waals surface area contributed by atoms with Gasteiger partial charge in [0.15, 0.2) is 17.9 Å². The lowest BCUT2D eigenvalue weighted by Crippen LogP contribution is -2.76. The molecule has 0 bridgehead atoms. The van der Waals surface area contributed by atoms with Crippen LogP contribution in [0.4, 0.5) is 5.13 Å². The highest BCUT2D eigenvalue weighted by molar-refractivity contribution is 7.80. The summed E-state index contributed by atoms with van der Waals surface area (Å²) in [7, 11) is -3.04. The van der Waals surface area contributed by atoms with E-state index in [-0.39, 0.29) is 10.8 Å². The zero-order valence-electron chi connectivity index (χ0n) is 25.4. The van der Waals surface area contributed by atoms with Crippen molar-refractivity contribution >= 4 is 50.4 Å². The molecule has 252 valence electrons. The standard InChI is InChI=1S/C27H32N8O10S2/c1-27(2)22(24(37)35(27)45-47(40,41)42)31-23(36)21(19-14-46-26(28)30-19)32-44-20(25(38)39)13-43-18-6-4-16(5-7-18)17-11-33(3)34(12-17)10-15-8-29-9-15/h4-7,11-12,14-15,20,22,29H,8-10,13H2,1-3H3,(H4-,28,30,31,36,38,39,40,41,42)/p+1/b32-21-/t20-,22?/m0/s1. The molecule has 0 aliphatic carbocycles. The van der Waals surface area contributed by atoms with Crippen LogP contribution >= 0.6 is 11.3 Å². The number of nitrogen functional groups attached to an aromatic ring is 1. The number of carbonyl (C=O) groups excluding carboxylic acids is 2. The SMILES string of the molecule is C[n+]1cc(-c2ccc(OC[C@H](O/N=C(\C(=O)NC3C(=O)N(OS(=O)(=O)O)C3(C)C)c3csc(N)n3)C(=O)O)cc2)cn1CC1CNC1. The van der Waals surface area contributed by atoms with Crippen LogP contribution in [0.2, 0.25) is 0 Å². The summed E-state index contributed by atoms with van der Waals surface area (Å²) in [6.07, 6.45) is 2.42. The summed E-state index contributed by atoms with van der Waals surface area (Å²) in [5.74, 6) is -2.48. The summed E-state index contributed by atoms with van der Waals surface area (Å²) in [5.41, 5.74) is 5.64. The highest BCUT2D eigenvalue weighted by Crippen LogP contribution is 2.33. The summed E-state index contributed by atoms with van der Waals surface area (Å²) in [4.78, 5) is 46.9. The molecule has 2 amide bonds. The molecule has 2 aromatic heterocycles. The fourth-order valence-electron chi connectivity index (χ4n) is 4.83. The maximum atomic E-state index is 13.2. The van der Waals surface area contributed by atoms with E-state index in [0.29, 0.717) is 16.7 Å². The molecule has 20 heteroatoms. The normalized spacial score (nSPS) is 18.6. The molecule has 3 aromatic rings. The van der Waals surface area contributed by atoms with Crippen LogP contribution in [-0.4, -0.2) is 93.7 Å². The molecule has 47 heavy (non-hydrogen) atoms. The van der Waals surface area contributed by atoms with Crippen LogP contribution in [0.15, 0.2) is 47.2 Å². The van der Waals surface area contributed by atoms with Gasteiger partial charge < -0.3 is 31.0 Å². The van der Waals surface area contributed by atoms with Crippen LogP contribution in [0.1, 0.15) is 19.5 Å². The predicted molar refractivity (Wildman–Crippen MR) is 164 cm³/mol. The van der Waals surface area contributed by atoms with Gasteiger partial charge >= 0.3 is 16.4 Å². The number of ether oxygens (including phenoxy) is 1. The van der Waals surface area contributed by atoms with Gasteiger partial charge in [0.2, 0.25) is 6.20 Å². The highest BCUT2D eigenvalue weighted by atomic mass is 32.3. The topological polar surface area (TPSA) is 241 Å². The van der Waals surface area contributed by atoms with Crippen molar-refractivity contribution < 1.29 is 51.0 Å². The molecule has 6 N–H and O–H groups in total. The number of hydrogen-bond donors (Lipinski definition) is 5. The molecule has 2 saturated heterocycles. The van der Waals surface area contributed by atoms with Gasteiger partial charge in [-0.25, -0.2) is 9.78 Å². The van der Waals surface area contributed by atoms with Crippen molar-refractivity contribution in [1.82, 2.24) is 25.4 Å². The van der Waals surface area contributed by atoms with Gasteiger partial charge in [-0.15, -0.1) is 20.3 Å². The molecule has 2 aliphatic heterocycles. The number of amides is 2. The maximum Gasteiger partial charge on any atom is 0.418 e. The van der Waals surface area contributed by atoms with Crippen LogP contribution in [-0.2, 0) is 47.5 Å². The smallest absolute Gasteiger partial charge is 0.418 e. The number of anilines is 1. The van der Waals surface area contributed by atoms with Gasteiger partial charge in [0.25, 0.3) is 17.9 Å². The number of thiazole rings is 1. The average molecular weight is 694 g/mol. The fourth-order valence-corrected chi connectivity index (χ4v) is 5.83. The lowest BCUT2D eigenvalue weighted by Gasteiger charge is -2.50.